The molecule has 0 unspecified atom stereocenters. The van der Waals surface area contributed by atoms with E-state index in [-0.39, 0.29) is 11.5 Å². The van der Waals surface area contributed by atoms with Gasteiger partial charge in [-0.1, -0.05) is 35.0 Å². The summed E-state index contributed by atoms with van der Waals surface area (Å²) >= 11 is 2.78. The molecule has 0 bridgehead atoms. The number of aryl methyl sites for hydroxylation is 2. The number of rotatable bonds is 5. The number of nitrogens with zero attached hydrogens (tertiary/aromatic N) is 3. The molecule has 1 aromatic carbocycles. The van der Waals surface area contributed by atoms with Crippen molar-refractivity contribution in [1.29, 1.82) is 0 Å². The van der Waals surface area contributed by atoms with Crippen LogP contribution in [0, 0.1) is 6.92 Å². The van der Waals surface area contributed by atoms with Crippen LogP contribution in [0.4, 0.5) is 5.13 Å². The van der Waals surface area contributed by atoms with Crippen LogP contribution in [0.5, 0.6) is 0 Å². The first-order chi connectivity index (χ1) is 10.6. The van der Waals surface area contributed by atoms with Gasteiger partial charge in [-0.2, -0.15) is 0 Å². The lowest BCUT2D eigenvalue weighted by molar-refractivity contribution is -0.116. The smallest absolute Gasteiger partial charge is 0.268 e. The van der Waals surface area contributed by atoms with Crippen LogP contribution in [0.1, 0.15) is 17.8 Å². The second-order valence-electron chi connectivity index (χ2n) is 4.77. The van der Waals surface area contributed by atoms with Gasteiger partial charge in [0.25, 0.3) is 5.56 Å². The number of anilines is 1. The average molecular weight is 334 g/mol. The number of hydrogen-bond acceptors (Lipinski definition) is 6. The highest BCUT2D eigenvalue weighted by Crippen LogP contribution is 2.17. The van der Waals surface area contributed by atoms with Crippen molar-refractivity contribution >= 4 is 44.0 Å². The highest BCUT2D eigenvalue weighted by atomic mass is 32.1. The van der Waals surface area contributed by atoms with Crippen LogP contribution >= 0.6 is 22.9 Å². The minimum absolute atomic E-state index is 0.0146. The monoisotopic (exact) mass is 334 g/mol. The van der Waals surface area contributed by atoms with Crippen molar-refractivity contribution in [3.8, 4) is 0 Å². The summed E-state index contributed by atoms with van der Waals surface area (Å²) in [6.07, 6.45) is 0.954. The van der Waals surface area contributed by atoms with Crippen molar-refractivity contribution in [2.24, 2.45) is 0 Å². The van der Waals surface area contributed by atoms with Crippen LogP contribution in [0.3, 0.4) is 0 Å². The molecule has 0 fully saturated rings. The lowest BCUT2D eigenvalue weighted by Gasteiger charge is -2.01. The van der Waals surface area contributed by atoms with Gasteiger partial charge in [0.1, 0.15) is 5.01 Å². The summed E-state index contributed by atoms with van der Waals surface area (Å²) in [6.45, 7) is 2.38. The third kappa shape index (κ3) is 3.23. The zero-order chi connectivity index (χ0) is 15.5. The fourth-order valence-electron chi connectivity index (χ4n) is 2.08. The van der Waals surface area contributed by atoms with Gasteiger partial charge >= 0.3 is 0 Å². The maximum Gasteiger partial charge on any atom is 0.268 e. The van der Waals surface area contributed by atoms with E-state index in [0.29, 0.717) is 24.5 Å². The number of fused-ring (bicyclic) bond motifs is 1. The number of aromatic nitrogens is 3. The van der Waals surface area contributed by atoms with Gasteiger partial charge in [-0.25, -0.2) is 0 Å². The van der Waals surface area contributed by atoms with Gasteiger partial charge < -0.3 is 5.32 Å². The topological polar surface area (TPSA) is 76.9 Å². The summed E-state index contributed by atoms with van der Waals surface area (Å²) in [7, 11) is 0. The number of hydrogen-bond donors (Lipinski definition) is 1. The molecule has 0 spiro atoms. The lowest BCUT2D eigenvalue weighted by atomic mass is 10.3. The Morgan fingerprint density at radius 3 is 2.86 bits per heavy atom. The number of benzene rings is 1. The van der Waals surface area contributed by atoms with Gasteiger partial charge in [0, 0.05) is 13.0 Å². The number of nitrogens with one attached hydrogen (secondary N) is 1. The number of amides is 1. The minimum atomic E-state index is -0.106. The Labute approximate surface area is 134 Å². The van der Waals surface area contributed by atoms with Crippen molar-refractivity contribution in [2.45, 2.75) is 26.3 Å². The van der Waals surface area contributed by atoms with Gasteiger partial charge in [0.05, 0.1) is 10.1 Å². The van der Waals surface area contributed by atoms with Gasteiger partial charge in [-0.15, -0.1) is 10.2 Å². The van der Waals surface area contributed by atoms with E-state index >= 15 is 0 Å². The summed E-state index contributed by atoms with van der Waals surface area (Å²) in [5, 5.41) is 12.5. The van der Waals surface area contributed by atoms with Crippen LogP contribution in [-0.2, 0) is 11.3 Å². The molecule has 0 atom stereocenters. The van der Waals surface area contributed by atoms with Gasteiger partial charge in [0.15, 0.2) is 0 Å². The molecule has 1 amide bonds. The third-order valence-electron chi connectivity index (χ3n) is 3.09. The largest absolute Gasteiger partial charge is 0.301 e. The zero-order valence-electron chi connectivity index (χ0n) is 11.9. The quantitative estimate of drug-likeness (QED) is 0.778. The first-order valence-electron chi connectivity index (χ1n) is 6.82. The molecule has 0 radical (unpaired) electrons. The van der Waals surface area contributed by atoms with Crippen LogP contribution in [-0.4, -0.2) is 20.1 Å². The predicted molar refractivity (Wildman–Crippen MR) is 88.6 cm³/mol. The molecule has 3 rings (SSSR count). The van der Waals surface area contributed by atoms with E-state index in [1.807, 2.05) is 31.2 Å². The molecule has 8 heteroatoms. The van der Waals surface area contributed by atoms with Crippen molar-refractivity contribution in [3.05, 3.63) is 39.6 Å². The maximum atomic E-state index is 12.2. The molecule has 2 heterocycles. The Balaban J connectivity index is 1.57. The molecule has 3 aromatic rings. The molecule has 0 aliphatic heterocycles. The summed E-state index contributed by atoms with van der Waals surface area (Å²) < 4.78 is 2.67. The van der Waals surface area contributed by atoms with Gasteiger partial charge in [0.2, 0.25) is 11.0 Å². The van der Waals surface area contributed by atoms with Crippen molar-refractivity contribution in [2.75, 3.05) is 5.32 Å². The molecular formula is C14H14N4O2S2. The summed E-state index contributed by atoms with van der Waals surface area (Å²) in [5.74, 6) is -0.106. The molecule has 0 aliphatic rings. The molecule has 2 aromatic heterocycles. The van der Waals surface area contributed by atoms with Crippen LogP contribution in [0.2, 0.25) is 0 Å². The molecule has 114 valence electrons. The maximum absolute atomic E-state index is 12.2. The minimum Gasteiger partial charge on any atom is -0.301 e. The first kappa shape index (κ1) is 14.9. The number of carbonyl (C=O) groups is 1. The van der Waals surface area contributed by atoms with E-state index in [0.717, 1.165) is 15.1 Å². The van der Waals surface area contributed by atoms with Crippen molar-refractivity contribution < 1.29 is 4.79 Å². The fourth-order valence-corrected chi connectivity index (χ4v) is 3.72. The Morgan fingerprint density at radius 2 is 2.14 bits per heavy atom. The highest BCUT2D eigenvalue weighted by molar-refractivity contribution is 7.15. The second-order valence-corrected chi connectivity index (χ2v) is 7.02. The Hall–Kier alpha value is -2.06. The third-order valence-corrected chi connectivity index (χ3v) is 4.97. The highest BCUT2D eigenvalue weighted by Gasteiger charge is 2.09. The SMILES string of the molecule is Cc1nnc(NC(=O)CCCn2sc3ccccc3c2=O)s1. The molecule has 0 saturated carbocycles. The standard InChI is InChI=1S/C14H14N4O2S2/c1-9-16-17-14(21-9)15-12(19)7-4-8-18-13(20)10-5-2-3-6-11(10)22-18/h2-3,5-6H,4,7-8H2,1H3,(H,15,17,19). The predicted octanol–water partition coefficient (Wildman–Crippen LogP) is 2.64. The van der Waals surface area contributed by atoms with Crippen LogP contribution in [0.25, 0.3) is 10.1 Å². The molecule has 0 saturated heterocycles. The van der Waals surface area contributed by atoms with E-state index in [2.05, 4.69) is 15.5 Å². The summed E-state index contributed by atoms with van der Waals surface area (Å²) in [5.41, 5.74) is 0.0146. The first-order valence-corrected chi connectivity index (χ1v) is 8.41. The zero-order valence-corrected chi connectivity index (χ0v) is 13.5. The molecule has 22 heavy (non-hydrogen) atoms. The van der Waals surface area contributed by atoms with Crippen molar-refractivity contribution in [3.63, 3.8) is 0 Å². The molecule has 0 aliphatic carbocycles. The van der Waals surface area contributed by atoms with Crippen LogP contribution < -0.4 is 10.9 Å². The second kappa shape index (κ2) is 6.37. The van der Waals surface area contributed by atoms with E-state index in [4.69, 9.17) is 0 Å². The molecule has 1 N–H and O–H groups in total. The van der Waals surface area contributed by atoms with E-state index in [1.165, 1.54) is 22.9 Å². The van der Waals surface area contributed by atoms with E-state index < -0.39 is 0 Å². The van der Waals surface area contributed by atoms with Gasteiger partial charge in [-0.05, 0) is 25.5 Å². The molecular weight excluding hydrogens is 320 g/mol. The van der Waals surface area contributed by atoms with Gasteiger partial charge in [-0.3, -0.25) is 13.5 Å². The van der Waals surface area contributed by atoms with E-state index in [9.17, 15) is 9.59 Å². The number of carbonyl (C=O) groups excluding carboxylic acids is 1. The Morgan fingerprint density at radius 1 is 1.32 bits per heavy atom. The Bertz CT molecular complexity index is 865. The normalized spacial score (nSPS) is 11.0. The molecule has 6 nitrogen and oxygen atoms in total. The van der Waals surface area contributed by atoms with E-state index in [1.54, 1.807) is 3.96 Å². The fraction of sp³-hybridized carbons (Fsp3) is 0.286. The Kier molecular flexibility index (Phi) is 4.30. The average Bonchev–Trinajstić information content (AvgIpc) is 3.04. The van der Waals surface area contributed by atoms with Crippen LogP contribution in [0.15, 0.2) is 29.1 Å². The summed E-state index contributed by atoms with van der Waals surface area (Å²) in [4.78, 5) is 24.0. The lowest BCUT2D eigenvalue weighted by Crippen LogP contribution is -2.16. The van der Waals surface area contributed by atoms with Crippen molar-refractivity contribution in [1.82, 2.24) is 14.2 Å². The summed E-state index contributed by atoms with van der Waals surface area (Å²) in [6, 6.07) is 7.54.